The van der Waals surface area contributed by atoms with Crippen molar-refractivity contribution < 1.29 is 9.90 Å². The maximum Gasteiger partial charge on any atom is 0.220 e. The van der Waals surface area contributed by atoms with Gasteiger partial charge in [0, 0.05) is 36.4 Å². The molecule has 1 saturated carbocycles. The number of halogens is 1. The molecule has 2 aromatic rings. The zero-order valence-corrected chi connectivity index (χ0v) is 17.9. The molecule has 0 unspecified atom stereocenters. The fourth-order valence-electron chi connectivity index (χ4n) is 3.65. The van der Waals surface area contributed by atoms with Crippen molar-refractivity contribution in [3.05, 3.63) is 58.9 Å². The molecule has 1 aromatic heterocycles. The highest BCUT2D eigenvalue weighted by Gasteiger charge is 2.28. The van der Waals surface area contributed by atoms with Gasteiger partial charge in [0.2, 0.25) is 5.91 Å². The molecule has 2 atom stereocenters. The smallest absolute Gasteiger partial charge is 0.220 e. The van der Waals surface area contributed by atoms with Gasteiger partial charge in [-0.25, -0.2) is 0 Å². The normalized spacial score (nSPS) is 15.9. The van der Waals surface area contributed by atoms with Crippen LogP contribution < -0.4 is 5.32 Å². The lowest BCUT2D eigenvalue weighted by atomic mass is 9.91. The number of pyridine rings is 1. The number of aromatic nitrogens is 1. The summed E-state index contributed by atoms with van der Waals surface area (Å²) in [5, 5.41) is 13.2. The van der Waals surface area contributed by atoms with Crippen LogP contribution >= 0.6 is 11.6 Å². The average molecular weight is 416 g/mol. The first-order valence-electron chi connectivity index (χ1n) is 10.2. The molecule has 5 nitrogen and oxygen atoms in total. The van der Waals surface area contributed by atoms with E-state index in [4.69, 9.17) is 11.6 Å². The molecule has 1 fully saturated rings. The van der Waals surface area contributed by atoms with Crippen LogP contribution in [0, 0.1) is 5.92 Å². The van der Waals surface area contributed by atoms with Crippen molar-refractivity contribution in [3.8, 4) is 5.75 Å². The number of nitrogens with one attached hydrogen (secondary N) is 1. The van der Waals surface area contributed by atoms with Gasteiger partial charge in [-0.2, -0.15) is 0 Å². The molecule has 156 valence electrons. The van der Waals surface area contributed by atoms with Crippen molar-refractivity contribution >= 4 is 17.5 Å². The van der Waals surface area contributed by atoms with Crippen LogP contribution in [0.2, 0.25) is 5.02 Å². The number of phenols is 1. The highest BCUT2D eigenvalue weighted by atomic mass is 35.5. The fourth-order valence-corrected chi connectivity index (χ4v) is 3.90. The van der Waals surface area contributed by atoms with Crippen LogP contribution in [-0.4, -0.2) is 47.6 Å². The van der Waals surface area contributed by atoms with E-state index < -0.39 is 0 Å². The molecule has 1 heterocycles. The largest absolute Gasteiger partial charge is 0.508 e. The molecule has 6 heteroatoms. The van der Waals surface area contributed by atoms with E-state index in [-0.39, 0.29) is 23.6 Å². The Labute approximate surface area is 178 Å². The number of hydrogen-bond acceptors (Lipinski definition) is 4. The van der Waals surface area contributed by atoms with Crippen LogP contribution in [0.5, 0.6) is 5.75 Å². The van der Waals surface area contributed by atoms with Gasteiger partial charge in [-0.05, 0) is 74.2 Å². The van der Waals surface area contributed by atoms with Crippen LogP contribution in [0.25, 0.3) is 0 Å². The minimum atomic E-state index is 0.0797. The quantitative estimate of drug-likeness (QED) is 0.615. The van der Waals surface area contributed by atoms with Crippen molar-refractivity contribution in [1.82, 2.24) is 15.2 Å². The van der Waals surface area contributed by atoms with Crippen LogP contribution in [0.4, 0.5) is 0 Å². The molecule has 1 aliphatic carbocycles. The zero-order valence-electron chi connectivity index (χ0n) is 17.1. The maximum atomic E-state index is 12.7. The summed E-state index contributed by atoms with van der Waals surface area (Å²) in [4.78, 5) is 18.9. The lowest BCUT2D eigenvalue weighted by molar-refractivity contribution is -0.121. The molecule has 3 rings (SSSR count). The minimum Gasteiger partial charge on any atom is -0.508 e. The molecular formula is C23H30ClN3O2. The highest BCUT2D eigenvalue weighted by Crippen LogP contribution is 2.39. The highest BCUT2D eigenvalue weighted by molar-refractivity contribution is 6.31. The predicted octanol–water partition coefficient (Wildman–Crippen LogP) is 4.00. The minimum absolute atomic E-state index is 0.0797. The molecule has 0 aliphatic heterocycles. The van der Waals surface area contributed by atoms with Crippen molar-refractivity contribution in [2.24, 2.45) is 5.92 Å². The molecular weight excluding hydrogens is 386 g/mol. The second-order valence-electron chi connectivity index (χ2n) is 8.26. The van der Waals surface area contributed by atoms with Gasteiger partial charge in [-0.3, -0.25) is 9.78 Å². The summed E-state index contributed by atoms with van der Waals surface area (Å²) < 4.78 is 0. The topological polar surface area (TPSA) is 65.5 Å². The first kappa shape index (κ1) is 21.6. The lowest BCUT2D eigenvalue weighted by Crippen LogP contribution is -2.42. The van der Waals surface area contributed by atoms with Crippen LogP contribution in [-0.2, 0) is 11.2 Å². The van der Waals surface area contributed by atoms with Crippen molar-refractivity contribution in [1.29, 1.82) is 0 Å². The molecule has 0 radical (unpaired) electrons. The van der Waals surface area contributed by atoms with E-state index in [9.17, 15) is 9.90 Å². The third-order valence-electron chi connectivity index (χ3n) is 5.68. The number of carbonyl (C=O) groups excluding carboxylic acids is 1. The van der Waals surface area contributed by atoms with Gasteiger partial charge in [-0.15, -0.1) is 0 Å². The van der Waals surface area contributed by atoms with Crippen LogP contribution in [0.3, 0.4) is 0 Å². The number of hydrogen-bond donors (Lipinski definition) is 2. The average Bonchev–Trinajstić information content (AvgIpc) is 3.50. The number of carbonyl (C=O) groups is 1. The molecule has 0 saturated heterocycles. The van der Waals surface area contributed by atoms with E-state index in [0.717, 1.165) is 17.9 Å². The molecule has 2 N–H and O–H groups in total. The molecule has 1 amide bonds. The third kappa shape index (κ3) is 6.72. The van der Waals surface area contributed by atoms with Gasteiger partial charge in [0.05, 0.1) is 0 Å². The standard InChI is InChI=1S/C23H30ClN3O2/c1-27(2)20(12-18-5-6-21(28)14-22(18)24)15-26-23(29)13-19(11-16-3-4-16)17-7-9-25-10-8-17/h5-10,14,16,19-20,28H,3-4,11-13,15H2,1-2H3,(H,26,29)/t19-,20-/m0/s1. The molecule has 0 bridgehead atoms. The Hall–Kier alpha value is -2.11. The summed E-state index contributed by atoms with van der Waals surface area (Å²) in [6.07, 6.45) is 8.42. The predicted molar refractivity (Wildman–Crippen MR) is 116 cm³/mol. The summed E-state index contributed by atoms with van der Waals surface area (Å²) in [5.41, 5.74) is 2.16. The Morgan fingerprint density at radius 1 is 1.28 bits per heavy atom. The van der Waals surface area contributed by atoms with E-state index in [2.05, 4.69) is 15.2 Å². The summed E-state index contributed by atoms with van der Waals surface area (Å²) in [7, 11) is 4.00. The van der Waals surface area contributed by atoms with Crippen molar-refractivity contribution in [3.63, 3.8) is 0 Å². The monoisotopic (exact) mass is 415 g/mol. The van der Waals surface area contributed by atoms with Crippen LogP contribution in [0.15, 0.2) is 42.7 Å². The van der Waals surface area contributed by atoms with E-state index in [0.29, 0.717) is 24.4 Å². The molecule has 29 heavy (non-hydrogen) atoms. The van der Waals surface area contributed by atoms with Gasteiger partial charge in [0.25, 0.3) is 0 Å². The second kappa shape index (κ2) is 10.1. The zero-order chi connectivity index (χ0) is 20.8. The Balaban J connectivity index is 1.57. The number of nitrogens with zero attached hydrogens (tertiary/aromatic N) is 2. The summed E-state index contributed by atoms with van der Waals surface area (Å²) in [6.45, 7) is 0.551. The van der Waals surface area contributed by atoms with Gasteiger partial charge in [-0.1, -0.05) is 30.5 Å². The lowest BCUT2D eigenvalue weighted by Gasteiger charge is -2.26. The molecule has 1 aromatic carbocycles. The van der Waals surface area contributed by atoms with E-state index in [1.807, 2.05) is 32.3 Å². The first-order chi connectivity index (χ1) is 13.9. The first-order valence-corrected chi connectivity index (χ1v) is 10.6. The Kier molecular flexibility index (Phi) is 7.51. The van der Waals surface area contributed by atoms with E-state index in [1.54, 1.807) is 24.5 Å². The Bertz CT molecular complexity index is 809. The summed E-state index contributed by atoms with van der Waals surface area (Å²) in [5.74, 6) is 1.24. The van der Waals surface area contributed by atoms with Crippen molar-refractivity contribution in [2.75, 3.05) is 20.6 Å². The molecule has 0 spiro atoms. The number of benzene rings is 1. The summed E-state index contributed by atoms with van der Waals surface area (Å²) in [6, 6.07) is 9.20. The van der Waals surface area contributed by atoms with Gasteiger partial charge in [0.1, 0.15) is 5.75 Å². The number of phenolic OH excluding ortho intramolecular Hbond substituents is 1. The maximum absolute atomic E-state index is 12.7. The Morgan fingerprint density at radius 2 is 2.00 bits per heavy atom. The number of rotatable bonds is 10. The number of aromatic hydroxyl groups is 1. The second-order valence-corrected chi connectivity index (χ2v) is 8.67. The summed E-state index contributed by atoms with van der Waals surface area (Å²) >= 11 is 6.26. The SMILES string of the molecule is CN(C)[C@H](CNC(=O)C[C@H](CC1CC1)c1ccncc1)Cc1ccc(O)cc1Cl. The Morgan fingerprint density at radius 3 is 2.62 bits per heavy atom. The number of likely N-dealkylation sites (N-methyl/N-ethyl adjacent to an activating group) is 1. The molecule has 1 aliphatic rings. The third-order valence-corrected chi connectivity index (χ3v) is 6.03. The van der Waals surface area contributed by atoms with Gasteiger partial charge >= 0.3 is 0 Å². The van der Waals surface area contributed by atoms with Gasteiger partial charge < -0.3 is 15.3 Å². The van der Waals surface area contributed by atoms with E-state index >= 15 is 0 Å². The van der Waals surface area contributed by atoms with Crippen molar-refractivity contribution in [2.45, 2.75) is 44.1 Å². The van der Waals surface area contributed by atoms with Gasteiger partial charge in [0.15, 0.2) is 0 Å². The van der Waals surface area contributed by atoms with E-state index in [1.165, 1.54) is 18.4 Å². The van der Waals surface area contributed by atoms with Crippen LogP contribution in [0.1, 0.15) is 42.7 Å². The number of amides is 1. The fraction of sp³-hybridized carbons (Fsp3) is 0.478.